The quantitative estimate of drug-likeness (QED) is 0.0555. The van der Waals surface area contributed by atoms with Crippen LogP contribution in [-0.2, 0) is 4.79 Å². The molecule has 3 heteroatoms. The van der Waals surface area contributed by atoms with E-state index in [9.17, 15) is 9.90 Å². The molecule has 41 heavy (non-hydrogen) atoms. The van der Waals surface area contributed by atoms with E-state index in [1.165, 1.54) is 212 Å². The monoisotopic (exact) mass is 571 g/mol. The van der Waals surface area contributed by atoms with Crippen LogP contribution in [0.5, 0.6) is 0 Å². The van der Waals surface area contributed by atoms with E-state index in [-0.39, 0.29) is 25.3 Å². The molecule has 0 radical (unpaired) electrons. The molecule has 0 aromatic heterocycles. The van der Waals surface area contributed by atoms with Crippen LogP contribution >= 0.6 is 0 Å². The number of unbranched alkanes of at least 4 members (excludes halogenated alkanes) is 34. The molecule has 0 aliphatic rings. The Labute approximate surface area is 271 Å². The van der Waals surface area contributed by atoms with Gasteiger partial charge < -0.3 is 9.90 Å². The molecule has 2 nitrogen and oxygen atoms in total. The number of carboxylic acids is 1. The predicted octanol–water partition coefficient (Wildman–Crippen LogP) is 9.80. The molecule has 0 atom stereocenters. The van der Waals surface area contributed by atoms with Crippen LogP contribution in [0.2, 0.25) is 0 Å². The van der Waals surface area contributed by atoms with Gasteiger partial charge in [-0.15, -0.1) is 0 Å². The zero-order valence-electron chi connectivity index (χ0n) is 28.8. The summed E-state index contributed by atoms with van der Waals surface area (Å²) >= 11 is 0. The number of carbonyl (C=O) groups excluding carboxylic acids is 1. The smallest absolute Gasteiger partial charge is 0.550 e. The van der Waals surface area contributed by atoms with Gasteiger partial charge in [0.05, 0.1) is 0 Å². The van der Waals surface area contributed by atoms with Crippen molar-refractivity contribution in [1.82, 2.24) is 0 Å². The van der Waals surface area contributed by atoms with Crippen molar-refractivity contribution in [1.29, 1.82) is 0 Å². The number of hydrogen-bond acceptors (Lipinski definition) is 2. The van der Waals surface area contributed by atoms with Crippen LogP contribution in [-0.4, -0.2) is 5.97 Å². The third-order valence-electron chi connectivity index (χ3n) is 8.98. The molecule has 0 fully saturated rings. The fraction of sp³-hybridized carbons (Fsp3) is 0.974. The Morgan fingerprint density at radius 1 is 0.317 bits per heavy atom. The summed E-state index contributed by atoms with van der Waals surface area (Å²) in [5, 5.41) is 10.4. The fourth-order valence-corrected chi connectivity index (χ4v) is 6.18. The van der Waals surface area contributed by atoms with Crippen LogP contribution in [0.3, 0.4) is 0 Å². The first kappa shape index (κ1) is 43.2. The molecule has 0 rings (SSSR count). The molecule has 0 heterocycles. The van der Waals surface area contributed by atoms with Crippen LogP contribution in [0.15, 0.2) is 0 Å². The molecule has 0 unspecified atom stereocenters. The maximum Gasteiger partial charge on any atom is 1.00 e. The Morgan fingerprint density at radius 2 is 0.463 bits per heavy atom. The number of hydrogen-bond donors (Lipinski definition) is 0. The van der Waals surface area contributed by atoms with Crippen LogP contribution < -0.4 is 24.0 Å². The average molecular weight is 571 g/mol. The van der Waals surface area contributed by atoms with Gasteiger partial charge in [0, 0.05) is 5.97 Å². The Kier molecular flexibility index (Phi) is 42.2. The summed E-state index contributed by atoms with van der Waals surface area (Å²) in [7, 11) is 0. The SMILES string of the molecule is CCCCCCCCCCCCCCCCCCCCCCCCCCCCCCCCCCCCCC(=O)[O-].[Li+]. The molecule has 240 valence electrons. The summed E-state index contributed by atoms with van der Waals surface area (Å²) in [6, 6.07) is 0. The van der Waals surface area contributed by atoms with Crippen LogP contribution in [0.4, 0.5) is 0 Å². The van der Waals surface area contributed by atoms with Crippen LogP contribution in [0.1, 0.15) is 238 Å². The first-order valence-corrected chi connectivity index (χ1v) is 19.0. The van der Waals surface area contributed by atoms with Gasteiger partial charge in [0.15, 0.2) is 0 Å². The van der Waals surface area contributed by atoms with Crippen LogP contribution in [0, 0.1) is 0 Å². The van der Waals surface area contributed by atoms with Crippen molar-refractivity contribution in [3.8, 4) is 0 Å². The Hall–Kier alpha value is 0.0674. The average Bonchev–Trinajstić information content (AvgIpc) is 2.95. The molecular weight excluding hydrogens is 495 g/mol. The molecule has 0 aliphatic heterocycles. The molecule has 0 aromatic rings. The van der Waals surface area contributed by atoms with Crippen molar-refractivity contribution in [2.75, 3.05) is 0 Å². The van der Waals surface area contributed by atoms with Gasteiger partial charge in [0.25, 0.3) is 0 Å². The zero-order chi connectivity index (χ0) is 29.0. The minimum Gasteiger partial charge on any atom is -0.550 e. The minimum atomic E-state index is -0.897. The second-order valence-corrected chi connectivity index (χ2v) is 13.1. The van der Waals surface area contributed by atoms with E-state index in [2.05, 4.69) is 6.92 Å². The van der Waals surface area contributed by atoms with E-state index in [1.807, 2.05) is 0 Å². The minimum absolute atomic E-state index is 0. The summed E-state index contributed by atoms with van der Waals surface area (Å²) in [5.74, 6) is -0.897. The van der Waals surface area contributed by atoms with Gasteiger partial charge >= 0.3 is 18.9 Å². The van der Waals surface area contributed by atoms with E-state index in [0.29, 0.717) is 0 Å². The zero-order valence-corrected chi connectivity index (χ0v) is 28.8. The van der Waals surface area contributed by atoms with Crippen LogP contribution in [0.25, 0.3) is 0 Å². The molecule has 0 spiro atoms. The topological polar surface area (TPSA) is 40.1 Å². The fourth-order valence-electron chi connectivity index (χ4n) is 6.18. The van der Waals surface area contributed by atoms with Crippen molar-refractivity contribution in [2.45, 2.75) is 238 Å². The van der Waals surface area contributed by atoms with Gasteiger partial charge in [-0.3, -0.25) is 0 Å². The van der Waals surface area contributed by atoms with E-state index in [1.54, 1.807) is 0 Å². The van der Waals surface area contributed by atoms with Crippen molar-refractivity contribution in [2.24, 2.45) is 0 Å². The molecule has 0 aromatic carbocycles. The predicted molar refractivity (Wildman–Crippen MR) is 177 cm³/mol. The van der Waals surface area contributed by atoms with Gasteiger partial charge in [-0.2, -0.15) is 0 Å². The van der Waals surface area contributed by atoms with Gasteiger partial charge in [0.2, 0.25) is 0 Å². The van der Waals surface area contributed by atoms with Crippen molar-refractivity contribution in [3.63, 3.8) is 0 Å². The Balaban J connectivity index is 0. The van der Waals surface area contributed by atoms with Gasteiger partial charge in [-0.1, -0.05) is 225 Å². The molecule has 0 aliphatic carbocycles. The largest absolute Gasteiger partial charge is 1.00 e. The standard InChI is InChI=1S/C38H76O2.Li/c1-2-3-4-5-6-7-8-9-10-11-12-13-14-15-16-17-18-19-20-21-22-23-24-25-26-27-28-29-30-31-32-33-34-35-36-37-38(39)40;/h2-37H2,1H3,(H,39,40);/q;+1/p-1. The molecule has 0 saturated carbocycles. The molecule has 0 saturated heterocycles. The maximum atomic E-state index is 10.4. The number of carboxylic acid groups (broad SMARTS) is 1. The van der Waals surface area contributed by atoms with Gasteiger partial charge in [-0.25, -0.2) is 0 Å². The molecule has 0 N–H and O–H groups in total. The summed E-state index contributed by atoms with van der Waals surface area (Å²) in [6.07, 6.45) is 49.5. The van der Waals surface area contributed by atoms with Gasteiger partial charge in [-0.05, 0) is 12.8 Å². The third-order valence-corrected chi connectivity index (χ3v) is 8.98. The summed E-state index contributed by atoms with van der Waals surface area (Å²) < 4.78 is 0. The van der Waals surface area contributed by atoms with Gasteiger partial charge in [0.1, 0.15) is 0 Å². The Bertz CT molecular complexity index is 467. The molecular formula is C38H75LiO2. The second kappa shape index (κ2) is 40.1. The molecule has 0 amide bonds. The number of carbonyl (C=O) groups is 1. The number of rotatable bonds is 36. The van der Waals surface area contributed by atoms with E-state index >= 15 is 0 Å². The van der Waals surface area contributed by atoms with E-state index in [0.717, 1.165) is 12.8 Å². The maximum absolute atomic E-state index is 10.4. The summed E-state index contributed by atoms with van der Waals surface area (Å²) in [6.45, 7) is 2.30. The first-order chi connectivity index (χ1) is 19.8. The van der Waals surface area contributed by atoms with E-state index in [4.69, 9.17) is 0 Å². The number of aliphatic carboxylic acids is 1. The van der Waals surface area contributed by atoms with Crippen molar-refractivity contribution in [3.05, 3.63) is 0 Å². The third kappa shape index (κ3) is 42.3. The Morgan fingerprint density at radius 3 is 0.610 bits per heavy atom. The summed E-state index contributed by atoms with van der Waals surface area (Å²) in [4.78, 5) is 10.4. The van der Waals surface area contributed by atoms with Crippen molar-refractivity contribution >= 4 is 5.97 Å². The van der Waals surface area contributed by atoms with E-state index < -0.39 is 5.97 Å². The second-order valence-electron chi connectivity index (χ2n) is 13.1. The van der Waals surface area contributed by atoms with Crippen molar-refractivity contribution < 1.29 is 28.8 Å². The summed E-state index contributed by atoms with van der Waals surface area (Å²) in [5.41, 5.74) is 0. The normalized spacial score (nSPS) is 11.1. The first-order valence-electron chi connectivity index (χ1n) is 19.0. The molecule has 0 bridgehead atoms.